The van der Waals surface area contributed by atoms with Crippen LogP contribution in [0, 0.1) is 5.82 Å². The van der Waals surface area contributed by atoms with Crippen LogP contribution in [0.2, 0.25) is 5.02 Å². The van der Waals surface area contributed by atoms with E-state index < -0.39 is 17.9 Å². The molecule has 2 aromatic carbocycles. The van der Waals surface area contributed by atoms with E-state index >= 15 is 0 Å². The molecule has 1 fully saturated rings. The average molecular weight is 529 g/mol. The van der Waals surface area contributed by atoms with E-state index in [1.807, 2.05) is 0 Å². The zero-order valence-electron chi connectivity index (χ0n) is 19.9. The molecule has 1 aromatic heterocycles. The summed E-state index contributed by atoms with van der Waals surface area (Å²) in [6.45, 7) is 2.07. The molecule has 37 heavy (non-hydrogen) atoms. The molecule has 0 bridgehead atoms. The minimum absolute atomic E-state index is 0.0169. The number of hydrogen-bond acceptors (Lipinski definition) is 7. The molecule has 0 radical (unpaired) electrons. The molecule has 1 aliphatic heterocycles. The van der Waals surface area contributed by atoms with E-state index in [1.165, 1.54) is 37.5 Å². The van der Waals surface area contributed by atoms with Gasteiger partial charge in [-0.2, -0.15) is 0 Å². The number of methoxy groups -OCH3 is 1. The predicted octanol–water partition coefficient (Wildman–Crippen LogP) is 4.93. The van der Waals surface area contributed by atoms with Crippen molar-refractivity contribution >= 4 is 35.6 Å². The van der Waals surface area contributed by atoms with Crippen LogP contribution in [0.1, 0.15) is 34.4 Å². The van der Waals surface area contributed by atoms with Gasteiger partial charge in [-0.25, -0.2) is 14.0 Å². The van der Waals surface area contributed by atoms with Crippen LogP contribution in [0.25, 0.3) is 6.08 Å². The summed E-state index contributed by atoms with van der Waals surface area (Å²) in [5.41, 5.74) is 1.24. The number of imide groups is 1. The Morgan fingerprint density at radius 2 is 1.89 bits per heavy atom. The highest BCUT2D eigenvalue weighted by molar-refractivity contribution is 6.32. The Hall–Kier alpha value is -4.31. The Morgan fingerprint density at radius 1 is 1.14 bits per heavy atom. The number of furan rings is 1. The van der Waals surface area contributed by atoms with E-state index in [2.05, 4.69) is 10.1 Å². The molecule has 0 spiro atoms. The number of benzene rings is 2. The minimum Gasteiger partial charge on any atom is -0.490 e. The van der Waals surface area contributed by atoms with Gasteiger partial charge in [-0.15, -0.1) is 0 Å². The molecule has 0 saturated carbocycles. The number of esters is 1. The van der Waals surface area contributed by atoms with E-state index in [-0.39, 0.29) is 47.0 Å². The second-order valence-electron chi connectivity index (χ2n) is 7.82. The number of carbonyl (C=O) groups excluding carboxylic acids is 3. The molecule has 0 atom stereocenters. The number of nitrogens with zero attached hydrogens (tertiary/aromatic N) is 1. The van der Waals surface area contributed by atoms with Crippen molar-refractivity contribution in [2.45, 2.75) is 20.1 Å². The normalized spacial score (nSPS) is 14.2. The molecule has 1 N–H and O–H groups in total. The molecule has 0 unspecified atom stereocenters. The summed E-state index contributed by atoms with van der Waals surface area (Å²) in [6.07, 6.45) is 1.46. The van der Waals surface area contributed by atoms with Crippen molar-refractivity contribution in [2.24, 2.45) is 0 Å². The van der Waals surface area contributed by atoms with Gasteiger partial charge in [0.1, 0.15) is 23.9 Å². The number of carbonyl (C=O) groups is 3. The van der Waals surface area contributed by atoms with Crippen LogP contribution in [0.3, 0.4) is 0 Å². The lowest BCUT2D eigenvalue weighted by atomic mass is 10.1. The van der Waals surface area contributed by atoms with Crippen molar-refractivity contribution in [3.05, 3.63) is 87.7 Å². The Bertz CT molecular complexity index is 1370. The maximum Gasteiger partial charge on any atom is 0.373 e. The highest BCUT2D eigenvalue weighted by Gasteiger charge is 2.34. The molecule has 1 saturated heterocycles. The van der Waals surface area contributed by atoms with Crippen molar-refractivity contribution in [1.82, 2.24) is 10.2 Å². The molecule has 192 valence electrons. The van der Waals surface area contributed by atoms with E-state index in [0.717, 1.165) is 10.5 Å². The number of ether oxygens (including phenoxy) is 3. The molecular weight excluding hydrogens is 507 g/mol. The van der Waals surface area contributed by atoms with Gasteiger partial charge in [-0.05, 0) is 60.5 Å². The second kappa shape index (κ2) is 11.2. The third kappa shape index (κ3) is 5.92. The molecule has 9 nitrogen and oxygen atoms in total. The first kappa shape index (κ1) is 25.8. The second-order valence-corrected chi connectivity index (χ2v) is 8.22. The summed E-state index contributed by atoms with van der Waals surface area (Å²) in [6, 6.07) is 11.3. The Morgan fingerprint density at radius 3 is 2.59 bits per heavy atom. The minimum atomic E-state index is -0.670. The summed E-state index contributed by atoms with van der Waals surface area (Å²) >= 11 is 6.46. The highest BCUT2D eigenvalue weighted by atomic mass is 35.5. The fourth-order valence-corrected chi connectivity index (χ4v) is 3.79. The quantitative estimate of drug-likeness (QED) is 0.238. The molecular formula is C26H22ClFN2O7. The van der Waals surface area contributed by atoms with Crippen molar-refractivity contribution in [1.29, 1.82) is 0 Å². The fourth-order valence-electron chi connectivity index (χ4n) is 3.52. The van der Waals surface area contributed by atoms with Gasteiger partial charge < -0.3 is 23.9 Å². The standard InChI is InChI=1S/C26H22ClFN2O7/c1-3-35-22-12-16(10-19(27)23(22)36-14-15-4-6-17(28)7-5-15)11-20-24(31)30(26(33)29-20)13-18-8-9-21(37-18)25(32)34-2/h4-12H,3,13-14H2,1-2H3,(H,29,33)/b20-11-. The topological polar surface area (TPSA) is 107 Å². The first-order chi connectivity index (χ1) is 17.8. The van der Waals surface area contributed by atoms with Gasteiger partial charge in [0.25, 0.3) is 5.91 Å². The molecule has 0 aliphatic carbocycles. The zero-order valence-corrected chi connectivity index (χ0v) is 20.6. The van der Waals surface area contributed by atoms with Crippen LogP contribution in [0.4, 0.5) is 9.18 Å². The lowest BCUT2D eigenvalue weighted by Gasteiger charge is -2.15. The third-order valence-electron chi connectivity index (χ3n) is 5.26. The van der Waals surface area contributed by atoms with Crippen LogP contribution >= 0.6 is 11.6 Å². The lowest BCUT2D eigenvalue weighted by molar-refractivity contribution is -0.123. The largest absolute Gasteiger partial charge is 0.490 e. The monoisotopic (exact) mass is 528 g/mol. The summed E-state index contributed by atoms with van der Waals surface area (Å²) < 4.78 is 34.6. The summed E-state index contributed by atoms with van der Waals surface area (Å²) in [5.74, 6) is -0.796. The van der Waals surface area contributed by atoms with Crippen molar-refractivity contribution in [3.63, 3.8) is 0 Å². The molecule has 11 heteroatoms. The highest BCUT2D eigenvalue weighted by Crippen LogP contribution is 2.38. The number of amides is 3. The van der Waals surface area contributed by atoms with Crippen molar-refractivity contribution in [3.8, 4) is 11.5 Å². The Labute approximate surface area is 216 Å². The molecule has 3 aromatic rings. The Kier molecular flexibility index (Phi) is 7.78. The third-order valence-corrected chi connectivity index (χ3v) is 5.54. The van der Waals surface area contributed by atoms with Gasteiger partial charge in [-0.3, -0.25) is 9.69 Å². The van der Waals surface area contributed by atoms with Crippen LogP contribution in [0.15, 0.2) is 58.6 Å². The first-order valence-electron chi connectivity index (χ1n) is 11.1. The van der Waals surface area contributed by atoms with Gasteiger partial charge >= 0.3 is 12.0 Å². The summed E-state index contributed by atoms with van der Waals surface area (Å²) in [7, 11) is 1.21. The Balaban J connectivity index is 1.52. The lowest BCUT2D eigenvalue weighted by Crippen LogP contribution is -2.30. The SMILES string of the molecule is CCOc1cc(/C=C2\NC(=O)N(Cc3ccc(C(=O)OC)o3)C2=O)cc(Cl)c1OCc1ccc(F)cc1. The number of rotatable bonds is 9. The van der Waals surface area contributed by atoms with Gasteiger partial charge in [0, 0.05) is 0 Å². The van der Waals surface area contributed by atoms with Gasteiger partial charge in [-0.1, -0.05) is 23.7 Å². The number of hydrogen-bond donors (Lipinski definition) is 1. The average Bonchev–Trinajstić information content (AvgIpc) is 3.45. The summed E-state index contributed by atoms with van der Waals surface area (Å²) in [5, 5.41) is 2.74. The maximum atomic E-state index is 13.2. The van der Waals surface area contributed by atoms with Crippen LogP contribution in [-0.2, 0) is 22.7 Å². The van der Waals surface area contributed by atoms with E-state index in [0.29, 0.717) is 17.9 Å². The molecule has 2 heterocycles. The van der Waals surface area contributed by atoms with Crippen LogP contribution < -0.4 is 14.8 Å². The van der Waals surface area contributed by atoms with Gasteiger partial charge in [0.05, 0.1) is 25.3 Å². The van der Waals surface area contributed by atoms with Crippen molar-refractivity contribution in [2.75, 3.05) is 13.7 Å². The molecule has 4 rings (SSSR count). The number of nitrogens with one attached hydrogen (secondary N) is 1. The predicted molar refractivity (Wildman–Crippen MR) is 130 cm³/mol. The van der Waals surface area contributed by atoms with Crippen molar-refractivity contribution < 1.29 is 37.4 Å². The maximum absolute atomic E-state index is 13.2. The molecule has 1 aliphatic rings. The first-order valence-corrected chi connectivity index (χ1v) is 11.5. The van der Waals surface area contributed by atoms with Crippen LogP contribution in [0.5, 0.6) is 11.5 Å². The summed E-state index contributed by atoms with van der Waals surface area (Å²) in [4.78, 5) is 37.8. The van der Waals surface area contributed by atoms with Gasteiger partial charge in [0.15, 0.2) is 11.5 Å². The number of halogens is 2. The zero-order chi connectivity index (χ0) is 26.5. The van der Waals surface area contributed by atoms with E-state index in [9.17, 15) is 18.8 Å². The smallest absolute Gasteiger partial charge is 0.373 e. The van der Waals surface area contributed by atoms with Crippen LogP contribution in [-0.4, -0.2) is 36.5 Å². The number of urea groups is 1. The fraction of sp³-hybridized carbons (Fsp3) is 0.192. The van der Waals surface area contributed by atoms with E-state index in [1.54, 1.807) is 31.2 Å². The molecule has 3 amide bonds. The van der Waals surface area contributed by atoms with Gasteiger partial charge in [0.2, 0.25) is 5.76 Å². The van der Waals surface area contributed by atoms with E-state index in [4.69, 9.17) is 25.5 Å².